The van der Waals surface area contributed by atoms with Crippen molar-refractivity contribution in [1.82, 2.24) is 20.1 Å². The van der Waals surface area contributed by atoms with E-state index < -0.39 is 0 Å². The van der Waals surface area contributed by atoms with Crippen LogP contribution in [0.3, 0.4) is 0 Å². The van der Waals surface area contributed by atoms with Crippen molar-refractivity contribution >= 4 is 17.2 Å². The van der Waals surface area contributed by atoms with Gasteiger partial charge in [0.2, 0.25) is 0 Å². The van der Waals surface area contributed by atoms with Crippen molar-refractivity contribution in [3.63, 3.8) is 0 Å². The Balaban J connectivity index is 1.91. The largest absolute Gasteiger partial charge is 0.384 e. The Kier molecular flexibility index (Phi) is 5.09. The van der Waals surface area contributed by atoms with E-state index >= 15 is 0 Å². The number of rotatable bonds is 4. The van der Waals surface area contributed by atoms with Crippen LogP contribution in [0.1, 0.15) is 25.9 Å². The van der Waals surface area contributed by atoms with E-state index in [0.717, 1.165) is 10.4 Å². The maximum Gasteiger partial charge on any atom is 0.261 e. The predicted octanol–water partition coefficient (Wildman–Crippen LogP) is 0.501. The van der Waals surface area contributed by atoms with E-state index in [1.165, 1.54) is 11.3 Å². The molecule has 0 aliphatic heterocycles. The number of amides is 1. The second-order valence-electron chi connectivity index (χ2n) is 4.42. The SMILES string of the molecule is Cc1cc(C(=O)NCCc2ncn(C)n2)sc1C#CCO. The molecule has 0 saturated heterocycles. The molecule has 0 unspecified atom stereocenters. The Morgan fingerprint density at radius 1 is 1.57 bits per heavy atom. The molecule has 1 amide bonds. The standard InChI is InChI=1S/C14H16N4O2S/c1-10-8-12(21-11(10)4-3-7-19)14(20)15-6-5-13-16-9-18(2)17-13/h8-9,19H,5-7H2,1-2H3,(H,15,20). The predicted molar refractivity (Wildman–Crippen MR) is 80.1 cm³/mol. The second kappa shape index (κ2) is 7.02. The third-order valence-electron chi connectivity index (χ3n) is 2.70. The van der Waals surface area contributed by atoms with Crippen molar-refractivity contribution in [2.24, 2.45) is 7.05 Å². The van der Waals surface area contributed by atoms with Gasteiger partial charge in [0.05, 0.1) is 9.75 Å². The highest BCUT2D eigenvalue weighted by Gasteiger charge is 2.11. The lowest BCUT2D eigenvalue weighted by atomic mass is 10.2. The van der Waals surface area contributed by atoms with Gasteiger partial charge >= 0.3 is 0 Å². The molecule has 0 radical (unpaired) electrons. The van der Waals surface area contributed by atoms with Crippen LogP contribution in [-0.4, -0.2) is 38.9 Å². The summed E-state index contributed by atoms with van der Waals surface area (Å²) < 4.78 is 1.63. The minimum absolute atomic E-state index is 0.129. The van der Waals surface area contributed by atoms with Gasteiger partial charge in [-0.15, -0.1) is 11.3 Å². The Bertz CT molecular complexity index is 693. The van der Waals surface area contributed by atoms with E-state index in [2.05, 4.69) is 27.2 Å². The van der Waals surface area contributed by atoms with Gasteiger partial charge in [-0.05, 0) is 18.6 Å². The summed E-state index contributed by atoms with van der Waals surface area (Å²) in [5, 5.41) is 15.7. The fraction of sp³-hybridized carbons (Fsp3) is 0.357. The first-order valence-corrected chi connectivity index (χ1v) is 7.24. The number of nitrogens with zero attached hydrogens (tertiary/aromatic N) is 3. The Labute approximate surface area is 126 Å². The molecule has 0 fully saturated rings. The molecule has 2 heterocycles. The molecule has 2 aromatic rings. The number of hydrogen-bond acceptors (Lipinski definition) is 5. The van der Waals surface area contributed by atoms with Crippen molar-refractivity contribution < 1.29 is 9.90 Å². The fourth-order valence-corrected chi connectivity index (χ4v) is 2.67. The highest BCUT2D eigenvalue weighted by molar-refractivity contribution is 7.14. The Morgan fingerprint density at radius 3 is 3.05 bits per heavy atom. The average Bonchev–Trinajstić information content (AvgIpc) is 3.03. The minimum Gasteiger partial charge on any atom is -0.384 e. The molecule has 2 N–H and O–H groups in total. The molecule has 0 saturated carbocycles. The average molecular weight is 304 g/mol. The van der Waals surface area contributed by atoms with Crippen molar-refractivity contribution in [3.8, 4) is 11.8 Å². The summed E-state index contributed by atoms with van der Waals surface area (Å²) in [5.74, 6) is 6.00. The number of aliphatic hydroxyl groups is 1. The van der Waals surface area contributed by atoms with Crippen molar-refractivity contribution in [2.45, 2.75) is 13.3 Å². The number of aryl methyl sites for hydroxylation is 2. The molecule has 2 aromatic heterocycles. The number of carbonyl (C=O) groups is 1. The van der Waals surface area contributed by atoms with E-state index in [0.29, 0.717) is 23.7 Å². The van der Waals surface area contributed by atoms with Gasteiger partial charge < -0.3 is 10.4 Å². The molecule has 0 spiro atoms. The van der Waals surface area contributed by atoms with Crippen LogP contribution in [0.2, 0.25) is 0 Å². The third kappa shape index (κ3) is 4.15. The summed E-state index contributed by atoms with van der Waals surface area (Å²) in [4.78, 5) is 17.6. The van der Waals surface area contributed by atoms with E-state index in [-0.39, 0.29) is 12.5 Å². The maximum atomic E-state index is 12.0. The second-order valence-corrected chi connectivity index (χ2v) is 5.48. The molecule has 0 aliphatic rings. The van der Waals surface area contributed by atoms with E-state index in [1.54, 1.807) is 24.1 Å². The third-order valence-corrected chi connectivity index (χ3v) is 3.86. The molecular formula is C14H16N4O2S. The number of hydrogen-bond donors (Lipinski definition) is 2. The smallest absolute Gasteiger partial charge is 0.261 e. The zero-order valence-corrected chi connectivity index (χ0v) is 12.7. The highest BCUT2D eigenvalue weighted by atomic mass is 32.1. The van der Waals surface area contributed by atoms with E-state index in [1.807, 2.05) is 6.92 Å². The van der Waals surface area contributed by atoms with Crippen LogP contribution in [0.4, 0.5) is 0 Å². The van der Waals surface area contributed by atoms with Gasteiger partial charge in [-0.25, -0.2) is 4.98 Å². The van der Waals surface area contributed by atoms with Crippen LogP contribution in [0, 0.1) is 18.8 Å². The van der Waals surface area contributed by atoms with Gasteiger partial charge in [0.1, 0.15) is 12.9 Å². The first-order valence-electron chi connectivity index (χ1n) is 6.43. The van der Waals surface area contributed by atoms with Gasteiger partial charge in [0.15, 0.2) is 5.82 Å². The minimum atomic E-state index is -0.185. The van der Waals surface area contributed by atoms with Crippen LogP contribution < -0.4 is 5.32 Å². The summed E-state index contributed by atoms with van der Waals surface area (Å²) in [5.41, 5.74) is 0.942. The Morgan fingerprint density at radius 2 is 2.38 bits per heavy atom. The molecule has 6 nitrogen and oxygen atoms in total. The molecule has 0 bridgehead atoms. The van der Waals surface area contributed by atoms with Gasteiger partial charge in [0, 0.05) is 20.0 Å². The number of aliphatic hydroxyl groups excluding tert-OH is 1. The monoisotopic (exact) mass is 304 g/mol. The molecule has 110 valence electrons. The molecule has 0 aromatic carbocycles. The lowest BCUT2D eigenvalue weighted by molar-refractivity contribution is 0.0958. The lowest BCUT2D eigenvalue weighted by Crippen LogP contribution is -2.25. The number of nitrogens with one attached hydrogen (secondary N) is 1. The van der Waals surface area contributed by atoms with Gasteiger partial charge in [-0.2, -0.15) is 5.10 Å². The summed E-state index contributed by atoms with van der Waals surface area (Å²) in [6.07, 6.45) is 2.22. The van der Waals surface area contributed by atoms with Crippen molar-refractivity contribution in [3.05, 3.63) is 33.5 Å². The van der Waals surface area contributed by atoms with Crippen LogP contribution in [0.15, 0.2) is 12.4 Å². The molecule has 2 rings (SSSR count). The van der Waals surface area contributed by atoms with Crippen LogP contribution in [0.25, 0.3) is 0 Å². The summed E-state index contributed by atoms with van der Waals surface area (Å²) in [7, 11) is 1.80. The van der Waals surface area contributed by atoms with Gasteiger partial charge in [0.25, 0.3) is 5.91 Å². The topological polar surface area (TPSA) is 80.0 Å². The Hall–Kier alpha value is -2.17. The van der Waals surface area contributed by atoms with Crippen molar-refractivity contribution in [2.75, 3.05) is 13.2 Å². The highest BCUT2D eigenvalue weighted by Crippen LogP contribution is 2.20. The van der Waals surface area contributed by atoms with Crippen LogP contribution >= 0.6 is 11.3 Å². The maximum absolute atomic E-state index is 12.0. The van der Waals surface area contributed by atoms with Gasteiger partial charge in [-0.3, -0.25) is 9.48 Å². The molecule has 21 heavy (non-hydrogen) atoms. The van der Waals surface area contributed by atoms with E-state index in [4.69, 9.17) is 5.11 Å². The van der Waals surface area contributed by atoms with Crippen LogP contribution in [-0.2, 0) is 13.5 Å². The first-order chi connectivity index (χ1) is 10.1. The lowest BCUT2D eigenvalue weighted by Gasteiger charge is -2.00. The quantitative estimate of drug-likeness (QED) is 0.806. The normalized spacial score (nSPS) is 10.0. The summed E-state index contributed by atoms with van der Waals surface area (Å²) >= 11 is 1.33. The zero-order chi connectivity index (χ0) is 15.2. The fourth-order valence-electron chi connectivity index (χ4n) is 1.71. The number of aromatic nitrogens is 3. The van der Waals surface area contributed by atoms with Gasteiger partial charge in [-0.1, -0.05) is 11.8 Å². The molecular weight excluding hydrogens is 288 g/mol. The molecule has 7 heteroatoms. The van der Waals surface area contributed by atoms with Crippen molar-refractivity contribution in [1.29, 1.82) is 0 Å². The van der Waals surface area contributed by atoms with Crippen LogP contribution in [0.5, 0.6) is 0 Å². The molecule has 0 aliphatic carbocycles. The first kappa shape index (κ1) is 15.2. The van der Waals surface area contributed by atoms with E-state index in [9.17, 15) is 4.79 Å². The summed E-state index contributed by atoms with van der Waals surface area (Å²) in [6, 6.07) is 1.81. The zero-order valence-electron chi connectivity index (χ0n) is 11.9. The summed E-state index contributed by atoms with van der Waals surface area (Å²) in [6.45, 7) is 2.19. The molecule has 0 atom stereocenters. The number of carbonyl (C=O) groups excluding carboxylic acids is 1. The number of thiophene rings is 1.